The van der Waals surface area contributed by atoms with Gasteiger partial charge in [0, 0.05) is 0 Å². The maximum absolute atomic E-state index is 3.98. The molecule has 2 rings (SSSR count). The molecule has 1 N–H and O–H groups in total. The molecule has 1 aromatic rings. The van der Waals surface area contributed by atoms with Crippen LogP contribution in [0.4, 0.5) is 0 Å². The van der Waals surface area contributed by atoms with Gasteiger partial charge in [0.05, 0.1) is 0 Å². The second kappa shape index (κ2) is 7.61. The lowest BCUT2D eigenvalue weighted by Crippen LogP contribution is -2.52. The molecule has 144 valence electrons. The maximum atomic E-state index is 3.98. The molecule has 1 aliphatic rings. The van der Waals surface area contributed by atoms with E-state index in [1.807, 2.05) is 0 Å². The molecule has 0 aromatic heterocycles. The van der Waals surface area contributed by atoms with Gasteiger partial charge < -0.3 is 4.98 Å². The van der Waals surface area contributed by atoms with Crippen LogP contribution >= 0.6 is 0 Å². The minimum atomic E-state index is -1.32. The van der Waals surface area contributed by atoms with E-state index in [2.05, 4.69) is 103 Å². The molecule has 0 radical (unpaired) electrons. The lowest BCUT2D eigenvalue weighted by molar-refractivity contribution is 0.491. The zero-order valence-corrected chi connectivity index (χ0v) is 20.6. The normalized spacial score (nSPS) is 17.5. The van der Waals surface area contributed by atoms with Gasteiger partial charge >= 0.3 is 0 Å². The van der Waals surface area contributed by atoms with Crippen LogP contribution in [0.2, 0.25) is 19.6 Å². The Morgan fingerprint density at radius 1 is 0.923 bits per heavy atom. The first-order valence-corrected chi connectivity index (χ1v) is 15.5. The summed E-state index contributed by atoms with van der Waals surface area (Å²) in [4.78, 5) is 3.98. The first-order chi connectivity index (χ1) is 11.8. The second-order valence-electron chi connectivity index (χ2n) is 10.8. The summed E-state index contributed by atoms with van der Waals surface area (Å²) in [6.45, 7) is 21.6. The van der Waals surface area contributed by atoms with Gasteiger partial charge in [0.15, 0.2) is 0 Å². The van der Waals surface area contributed by atoms with Gasteiger partial charge in [0.2, 0.25) is 0 Å². The van der Waals surface area contributed by atoms with Gasteiger partial charge in [-0.05, 0) is 29.0 Å². The highest BCUT2D eigenvalue weighted by Gasteiger charge is 2.36. The van der Waals surface area contributed by atoms with Crippen molar-refractivity contribution in [2.24, 2.45) is 10.8 Å². The molecule has 1 unspecified atom stereocenters. The molecular weight excluding hydrogens is 346 g/mol. The van der Waals surface area contributed by atoms with E-state index < -0.39 is 17.0 Å². The zero-order chi connectivity index (χ0) is 19.8. The number of hydrogen-bond acceptors (Lipinski definition) is 1. The monoisotopic (exact) mass is 385 g/mol. The Kier molecular flexibility index (Phi) is 6.26. The molecule has 0 saturated heterocycles. The van der Waals surface area contributed by atoms with Crippen LogP contribution in [0, 0.1) is 10.8 Å². The Balaban J connectivity index is 2.59. The summed E-state index contributed by atoms with van der Waals surface area (Å²) < 4.78 is 0. The highest BCUT2D eigenvalue weighted by atomic mass is 28.3. The van der Waals surface area contributed by atoms with Crippen LogP contribution in [-0.4, -0.2) is 23.2 Å². The predicted molar refractivity (Wildman–Crippen MR) is 123 cm³/mol. The minimum absolute atomic E-state index is 0.210. The molecule has 26 heavy (non-hydrogen) atoms. The third-order valence-electron chi connectivity index (χ3n) is 5.23. The molecule has 1 atom stereocenters. The van der Waals surface area contributed by atoms with Gasteiger partial charge in [0.25, 0.3) is 0 Å². The Morgan fingerprint density at radius 3 is 1.96 bits per heavy atom. The van der Waals surface area contributed by atoms with Crippen molar-refractivity contribution in [2.75, 3.05) is 6.17 Å². The van der Waals surface area contributed by atoms with Crippen LogP contribution in [0.3, 0.4) is 0 Å². The largest absolute Gasteiger partial charge is 0.339 e. The summed E-state index contributed by atoms with van der Waals surface area (Å²) in [7, 11) is -2.62. The fourth-order valence-electron chi connectivity index (χ4n) is 3.89. The van der Waals surface area contributed by atoms with Crippen molar-refractivity contribution in [3.8, 4) is 0 Å². The van der Waals surface area contributed by atoms with E-state index in [1.165, 1.54) is 6.17 Å². The highest BCUT2D eigenvalue weighted by molar-refractivity contribution is 6.83. The summed E-state index contributed by atoms with van der Waals surface area (Å²) in [6.07, 6.45) is 4.84. The van der Waals surface area contributed by atoms with Gasteiger partial charge in [-0.2, -0.15) is 0 Å². The first-order valence-electron chi connectivity index (χ1n) is 10.1. The van der Waals surface area contributed by atoms with Crippen molar-refractivity contribution in [2.45, 2.75) is 67.6 Å². The molecule has 0 fully saturated rings. The average Bonchev–Trinajstić information content (AvgIpc) is 2.92. The summed E-state index contributed by atoms with van der Waals surface area (Å²) in [5.41, 5.74) is 3.74. The van der Waals surface area contributed by atoms with Crippen molar-refractivity contribution in [1.29, 1.82) is 0 Å². The fraction of sp³-hybridized carbons (Fsp3) is 0.565. The average molecular weight is 386 g/mol. The molecule has 0 bridgehead atoms. The number of nitrogens with one attached hydrogen (secondary N) is 1. The molecule has 0 amide bonds. The zero-order valence-electron chi connectivity index (χ0n) is 18.5. The van der Waals surface area contributed by atoms with Crippen LogP contribution in [-0.2, 0) is 0 Å². The van der Waals surface area contributed by atoms with Crippen molar-refractivity contribution in [1.82, 2.24) is 4.98 Å². The molecule has 1 nitrogen and oxygen atoms in total. The Bertz CT molecular complexity index is 680. The van der Waals surface area contributed by atoms with E-state index in [1.54, 1.807) is 21.5 Å². The van der Waals surface area contributed by atoms with E-state index in [4.69, 9.17) is 0 Å². The number of allylic oxidation sites excluding steroid dienone is 4. The lowest BCUT2D eigenvalue weighted by atomic mass is 9.83. The molecular formula is C23H39NSi2. The van der Waals surface area contributed by atoms with Crippen LogP contribution in [0.15, 0.2) is 52.8 Å². The highest BCUT2D eigenvalue weighted by Crippen LogP contribution is 2.45. The predicted octanol–water partition coefficient (Wildman–Crippen LogP) is 5.34. The van der Waals surface area contributed by atoms with Gasteiger partial charge in [-0.3, -0.25) is 0 Å². The summed E-state index contributed by atoms with van der Waals surface area (Å²) in [5, 5.41) is 3.31. The van der Waals surface area contributed by atoms with E-state index in [9.17, 15) is 0 Å². The van der Waals surface area contributed by atoms with Crippen molar-refractivity contribution in [3.63, 3.8) is 0 Å². The van der Waals surface area contributed by atoms with Gasteiger partial charge in [0.1, 0.15) is 17.0 Å². The number of rotatable bonds is 5. The van der Waals surface area contributed by atoms with E-state index >= 15 is 0 Å². The third-order valence-corrected chi connectivity index (χ3v) is 10.1. The summed E-state index contributed by atoms with van der Waals surface area (Å²) >= 11 is 0. The van der Waals surface area contributed by atoms with E-state index in [0.717, 1.165) is 6.42 Å². The van der Waals surface area contributed by atoms with Crippen molar-refractivity contribution < 1.29 is 0 Å². The minimum Gasteiger partial charge on any atom is -0.339 e. The molecule has 0 saturated carbocycles. The van der Waals surface area contributed by atoms with Gasteiger partial charge in [-0.1, -0.05) is 114 Å². The summed E-state index contributed by atoms with van der Waals surface area (Å²) in [5.74, 6) is 0. The van der Waals surface area contributed by atoms with Crippen LogP contribution < -0.4 is 10.2 Å². The number of hydrogen-bond donors (Lipinski definition) is 1. The Morgan fingerprint density at radius 2 is 1.50 bits per heavy atom. The second-order valence-corrected chi connectivity index (χ2v) is 18.4. The van der Waals surface area contributed by atoms with Crippen LogP contribution in [0.5, 0.6) is 0 Å². The first kappa shape index (κ1) is 21.4. The van der Waals surface area contributed by atoms with Gasteiger partial charge in [-0.15, -0.1) is 0 Å². The Hall–Kier alpha value is -0.906. The summed E-state index contributed by atoms with van der Waals surface area (Å²) in [6, 6.07) is 11.3. The SMILES string of the molecule is CC(C)(C)C1=CCC(C(C)(C)C)=C1[SiH](CN[Si](C)(C)C)c1ccccc1. The molecule has 1 aromatic carbocycles. The van der Waals surface area contributed by atoms with E-state index in [-0.39, 0.29) is 10.8 Å². The fourth-order valence-corrected chi connectivity index (χ4v) is 10.5. The smallest absolute Gasteiger partial charge is 0.116 e. The molecule has 1 aliphatic carbocycles. The third kappa shape index (κ3) is 5.31. The number of benzene rings is 1. The van der Waals surface area contributed by atoms with E-state index in [0.29, 0.717) is 0 Å². The maximum Gasteiger partial charge on any atom is 0.116 e. The van der Waals surface area contributed by atoms with Crippen LogP contribution in [0.1, 0.15) is 48.0 Å². The van der Waals surface area contributed by atoms with Crippen molar-refractivity contribution >= 4 is 22.2 Å². The van der Waals surface area contributed by atoms with Gasteiger partial charge in [-0.25, -0.2) is 0 Å². The quantitative estimate of drug-likeness (QED) is 0.674. The Labute approximate surface area is 164 Å². The molecule has 0 aliphatic heterocycles. The topological polar surface area (TPSA) is 12.0 Å². The van der Waals surface area contributed by atoms with Crippen molar-refractivity contribution in [3.05, 3.63) is 52.8 Å². The lowest BCUT2D eigenvalue weighted by Gasteiger charge is -2.33. The molecule has 0 heterocycles. The molecule has 3 heteroatoms. The van der Waals surface area contributed by atoms with Crippen LogP contribution in [0.25, 0.3) is 0 Å². The molecule has 0 spiro atoms. The standard InChI is InChI=1S/C23H39NSi2/c1-22(2,3)19-15-16-20(23(4,5)6)21(19)25(17-24-26(7,8)9)18-13-11-10-12-14-18/h10-15,24-25H,16-17H2,1-9H3.